The second kappa shape index (κ2) is 7.68. The number of nitrogens with one attached hydrogen (secondary N) is 2. The van der Waals surface area contributed by atoms with Gasteiger partial charge < -0.3 is 10.6 Å². The summed E-state index contributed by atoms with van der Waals surface area (Å²) in [5.41, 5.74) is 0.990. The number of carbonyl (C=O) groups excluding carboxylic acids is 1. The van der Waals surface area contributed by atoms with Gasteiger partial charge in [0.05, 0.1) is 33.8 Å². The Morgan fingerprint density at radius 2 is 1.77 bits per heavy atom. The summed E-state index contributed by atoms with van der Waals surface area (Å²) in [6.07, 6.45) is 2.76. The van der Waals surface area contributed by atoms with Gasteiger partial charge in [-0.1, -0.05) is 23.2 Å². The highest BCUT2D eigenvalue weighted by atomic mass is 35.5. The van der Waals surface area contributed by atoms with Crippen molar-refractivity contribution in [1.29, 1.82) is 0 Å². The van der Waals surface area contributed by atoms with Crippen LogP contribution in [-0.4, -0.2) is 10.9 Å². The van der Waals surface area contributed by atoms with Crippen LogP contribution in [0.1, 0.15) is 10.4 Å². The molecular formula is C18H11Cl2F2N3O. The number of amides is 1. The van der Waals surface area contributed by atoms with Crippen LogP contribution in [-0.2, 0) is 0 Å². The Balaban J connectivity index is 1.80. The van der Waals surface area contributed by atoms with E-state index in [1.807, 2.05) is 0 Å². The number of aromatic nitrogens is 1. The van der Waals surface area contributed by atoms with Crippen LogP contribution in [0.4, 0.5) is 25.8 Å². The lowest BCUT2D eigenvalue weighted by molar-refractivity contribution is 0.102. The minimum Gasteiger partial charge on any atom is -0.352 e. The average Bonchev–Trinajstić information content (AvgIpc) is 2.61. The SMILES string of the molecule is O=C(Nc1cc(Cl)ccc1Cl)c1cncc(Nc2ccc(F)cc2F)c1. The summed E-state index contributed by atoms with van der Waals surface area (Å²) in [6, 6.07) is 9.29. The molecule has 0 bridgehead atoms. The van der Waals surface area contributed by atoms with Crippen LogP contribution < -0.4 is 10.6 Å². The number of anilines is 3. The zero-order valence-corrected chi connectivity index (χ0v) is 14.6. The summed E-state index contributed by atoms with van der Waals surface area (Å²) in [7, 11) is 0. The van der Waals surface area contributed by atoms with Crippen molar-refractivity contribution in [3.63, 3.8) is 0 Å². The molecule has 0 aliphatic carbocycles. The van der Waals surface area contributed by atoms with Gasteiger partial charge in [-0.3, -0.25) is 9.78 Å². The Kier molecular flexibility index (Phi) is 5.35. The first-order valence-corrected chi connectivity index (χ1v) is 8.11. The van der Waals surface area contributed by atoms with Crippen molar-refractivity contribution in [2.24, 2.45) is 0 Å². The minimum absolute atomic E-state index is 0.0589. The van der Waals surface area contributed by atoms with Crippen LogP contribution in [0, 0.1) is 11.6 Å². The standard InChI is InChI=1S/C18H11Cl2F2N3O/c19-11-1-3-14(20)17(6-11)25-18(26)10-5-13(9-23-8-10)24-16-4-2-12(21)7-15(16)22/h1-9,24H,(H,25,26). The molecule has 0 saturated heterocycles. The van der Waals surface area contributed by atoms with Crippen LogP contribution in [0.25, 0.3) is 0 Å². The molecule has 0 unspecified atom stereocenters. The highest BCUT2D eigenvalue weighted by Gasteiger charge is 2.11. The van der Waals surface area contributed by atoms with Crippen LogP contribution in [0.5, 0.6) is 0 Å². The van der Waals surface area contributed by atoms with Crippen molar-refractivity contribution < 1.29 is 13.6 Å². The Morgan fingerprint density at radius 1 is 0.962 bits per heavy atom. The molecule has 2 N–H and O–H groups in total. The molecule has 8 heteroatoms. The number of benzene rings is 2. The first-order valence-electron chi connectivity index (χ1n) is 7.36. The summed E-state index contributed by atoms with van der Waals surface area (Å²) in [6.45, 7) is 0. The van der Waals surface area contributed by atoms with E-state index in [4.69, 9.17) is 23.2 Å². The number of hydrogen-bond acceptors (Lipinski definition) is 3. The third-order valence-electron chi connectivity index (χ3n) is 3.39. The van der Waals surface area contributed by atoms with E-state index in [1.165, 1.54) is 30.6 Å². The Hall–Kier alpha value is -2.70. The maximum atomic E-state index is 13.7. The fraction of sp³-hybridized carbons (Fsp3) is 0. The summed E-state index contributed by atoms with van der Waals surface area (Å²) < 4.78 is 26.7. The van der Waals surface area contributed by atoms with Crippen LogP contribution in [0.2, 0.25) is 10.0 Å². The highest BCUT2D eigenvalue weighted by Crippen LogP contribution is 2.26. The van der Waals surface area contributed by atoms with Gasteiger partial charge in [0.1, 0.15) is 11.6 Å². The van der Waals surface area contributed by atoms with E-state index in [9.17, 15) is 13.6 Å². The summed E-state index contributed by atoms with van der Waals surface area (Å²) >= 11 is 11.9. The first kappa shape index (κ1) is 18.1. The van der Waals surface area contributed by atoms with Crippen LogP contribution in [0.15, 0.2) is 54.9 Å². The molecule has 1 amide bonds. The number of hydrogen-bond donors (Lipinski definition) is 2. The zero-order valence-electron chi connectivity index (χ0n) is 13.1. The number of carbonyl (C=O) groups is 1. The molecule has 0 spiro atoms. The van der Waals surface area contributed by atoms with Crippen molar-refractivity contribution in [2.75, 3.05) is 10.6 Å². The van der Waals surface area contributed by atoms with Gasteiger partial charge in [-0.2, -0.15) is 0 Å². The normalized spacial score (nSPS) is 10.5. The van der Waals surface area contributed by atoms with Gasteiger partial charge in [-0.25, -0.2) is 8.78 Å². The van der Waals surface area contributed by atoms with Crippen molar-refractivity contribution in [3.05, 3.63) is 82.1 Å². The second-order valence-electron chi connectivity index (χ2n) is 5.29. The van der Waals surface area contributed by atoms with Crippen molar-refractivity contribution in [1.82, 2.24) is 4.98 Å². The van der Waals surface area contributed by atoms with Crippen molar-refractivity contribution in [2.45, 2.75) is 0 Å². The van der Waals surface area contributed by atoms with Gasteiger partial charge in [0, 0.05) is 17.3 Å². The average molecular weight is 394 g/mol. The molecule has 1 aromatic heterocycles. The summed E-state index contributed by atoms with van der Waals surface area (Å²) in [5, 5.41) is 6.13. The third kappa shape index (κ3) is 4.28. The molecule has 3 aromatic rings. The lowest BCUT2D eigenvalue weighted by Crippen LogP contribution is -2.13. The number of pyridine rings is 1. The number of rotatable bonds is 4. The topological polar surface area (TPSA) is 54.0 Å². The smallest absolute Gasteiger partial charge is 0.257 e. The Morgan fingerprint density at radius 3 is 2.54 bits per heavy atom. The molecule has 2 aromatic carbocycles. The first-order chi connectivity index (χ1) is 12.4. The molecule has 0 atom stereocenters. The molecule has 0 saturated carbocycles. The van der Waals surface area contributed by atoms with Crippen LogP contribution >= 0.6 is 23.2 Å². The van der Waals surface area contributed by atoms with Gasteiger partial charge >= 0.3 is 0 Å². The van der Waals surface area contributed by atoms with Gasteiger partial charge in [0.15, 0.2) is 0 Å². The van der Waals surface area contributed by atoms with E-state index in [0.717, 1.165) is 12.1 Å². The van der Waals surface area contributed by atoms with Crippen molar-refractivity contribution in [3.8, 4) is 0 Å². The van der Waals surface area contributed by atoms with Gasteiger partial charge in [0.25, 0.3) is 5.91 Å². The van der Waals surface area contributed by atoms with E-state index < -0.39 is 17.5 Å². The summed E-state index contributed by atoms with van der Waals surface area (Å²) in [5.74, 6) is -1.91. The lowest BCUT2D eigenvalue weighted by Gasteiger charge is -2.10. The monoisotopic (exact) mass is 393 g/mol. The largest absolute Gasteiger partial charge is 0.352 e. The molecule has 0 fully saturated rings. The maximum Gasteiger partial charge on any atom is 0.257 e. The fourth-order valence-electron chi connectivity index (χ4n) is 2.17. The molecule has 0 aliphatic rings. The molecule has 0 radical (unpaired) electrons. The zero-order chi connectivity index (χ0) is 18.7. The van der Waals surface area contributed by atoms with Gasteiger partial charge in [-0.05, 0) is 36.4 Å². The molecule has 0 aliphatic heterocycles. The minimum atomic E-state index is -0.759. The molecule has 4 nitrogen and oxygen atoms in total. The van der Waals surface area contributed by atoms with E-state index >= 15 is 0 Å². The predicted octanol–water partition coefficient (Wildman–Crippen LogP) is 5.66. The Bertz CT molecular complexity index is 982. The van der Waals surface area contributed by atoms with Crippen molar-refractivity contribution >= 4 is 46.2 Å². The molecular weight excluding hydrogens is 383 g/mol. The number of halogens is 4. The predicted molar refractivity (Wildman–Crippen MR) is 98.3 cm³/mol. The second-order valence-corrected chi connectivity index (χ2v) is 6.13. The fourth-order valence-corrected chi connectivity index (χ4v) is 2.50. The Labute approximate surface area is 157 Å². The van der Waals surface area contributed by atoms with Gasteiger partial charge in [-0.15, -0.1) is 0 Å². The lowest BCUT2D eigenvalue weighted by atomic mass is 10.2. The maximum absolute atomic E-state index is 13.7. The quantitative estimate of drug-likeness (QED) is 0.600. The third-order valence-corrected chi connectivity index (χ3v) is 3.95. The van der Waals surface area contributed by atoms with Gasteiger partial charge in [0.2, 0.25) is 0 Å². The molecule has 26 heavy (non-hydrogen) atoms. The highest BCUT2D eigenvalue weighted by molar-refractivity contribution is 6.35. The molecule has 3 rings (SSSR count). The van der Waals surface area contributed by atoms with E-state index in [-0.39, 0.29) is 11.3 Å². The number of nitrogens with zero attached hydrogens (tertiary/aromatic N) is 1. The van der Waals surface area contributed by atoms with E-state index in [2.05, 4.69) is 15.6 Å². The van der Waals surface area contributed by atoms with E-state index in [1.54, 1.807) is 12.1 Å². The molecule has 1 heterocycles. The molecule has 132 valence electrons. The van der Waals surface area contributed by atoms with E-state index in [0.29, 0.717) is 21.4 Å². The van der Waals surface area contributed by atoms with Crippen LogP contribution in [0.3, 0.4) is 0 Å². The summed E-state index contributed by atoms with van der Waals surface area (Å²) in [4.78, 5) is 16.3.